The van der Waals surface area contributed by atoms with Crippen LogP contribution in [0.1, 0.15) is 10.5 Å². The fourth-order valence-corrected chi connectivity index (χ4v) is 0.768. The number of hydrogen-bond donors (Lipinski definition) is 4. The first-order valence-corrected chi connectivity index (χ1v) is 3.94. The molecule has 0 aliphatic rings. The monoisotopic (exact) mass is 211 g/mol. The van der Waals surface area contributed by atoms with E-state index >= 15 is 0 Å². The molecule has 0 aliphatic carbocycles. The number of aromatic amines is 1. The van der Waals surface area contributed by atoms with Gasteiger partial charge in [0, 0.05) is 6.07 Å². The standard InChI is InChI=1S/C7H9N5O3/c8-5(12-15)3-9-7(14)4-1-2-6(13)11-10-4/h1-2,15H,3H2,(H2,8,12)(H,9,14)(H,11,13). The highest BCUT2D eigenvalue weighted by Gasteiger charge is 2.06. The minimum absolute atomic E-state index is 0.0420. The molecule has 0 aromatic carbocycles. The second kappa shape index (κ2) is 4.74. The number of nitrogens with zero attached hydrogens (tertiary/aromatic N) is 2. The first kappa shape index (κ1) is 10.7. The minimum atomic E-state index is -0.530. The molecule has 0 radical (unpaired) electrons. The minimum Gasteiger partial charge on any atom is -0.409 e. The summed E-state index contributed by atoms with van der Waals surface area (Å²) in [4.78, 5) is 21.9. The summed E-state index contributed by atoms with van der Waals surface area (Å²) in [5, 5.41) is 18.8. The Morgan fingerprint density at radius 2 is 2.40 bits per heavy atom. The number of carbonyl (C=O) groups excluding carboxylic acids is 1. The van der Waals surface area contributed by atoms with Crippen molar-refractivity contribution in [1.82, 2.24) is 15.5 Å². The molecule has 0 unspecified atom stereocenters. The molecule has 0 fully saturated rings. The summed E-state index contributed by atoms with van der Waals surface area (Å²) in [5.41, 5.74) is 4.77. The van der Waals surface area contributed by atoms with Crippen LogP contribution in [0.15, 0.2) is 22.1 Å². The van der Waals surface area contributed by atoms with Gasteiger partial charge in [-0.3, -0.25) is 9.59 Å². The van der Waals surface area contributed by atoms with Crippen LogP contribution in [0, 0.1) is 0 Å². The SMILES string of the molecule is N/C(CNC(=O)c1ccc(=O)[nH]n1)=N/O. The topological polar surface area (TPSA) is 133 Å². The lowest BCUT2D eigenvalue weighted by Gasteiger charge is -2.01. The fraction of sp³-hybridized carbons (Fsp3) is 0.143. The number of rotatable bonds is 3. The Labute approximate surface area is 83.8 Å². The van der Waals surface area contributed by atoms with Crippen molar-refractivity contribution in [3.8, 4) is 0 Å². The quantitative estimate of drug-likeness (QED) is 0.203. The molecule has 0 atom stereocenters. The van der Waals surface area contributed by atoms with Crippen LogP contribution in [-0.2, 0) is 0 Å². The smallest absolute Gasteiger partial charge is 0.272 e. The summed E-state index contributed by atoms with van der Waals surface area (Å²) in [5.74, 6) is -0.661. The van der Waals surface area contributed by atoms with Gasteiger partial charge in [-0.2, -0.15) is 5.10 Å². The average molecular weight is 211 g/mol. The third-order valence-corrected chi connectivity index (χ3v) is 1.47. The first-order valence-electron chi connectivity index (χ1n) is 3.94. The summed E-state index contributed by atoms with van der Waals surface area (Å²) in [6.45, 7) is -0.101. The van der Waals surface area contributed by atoms with E-state index in [4.69, 9.17) is 10.9 Å². The molecule has 1 amide bonds. The van der Waals surface area contributed by atoms with Gasteiger partial charge in [0.15, 0.2) is 5.84 Å². The van der Waals surface area contributed by atoms with E-state index in [0.717, 1.165) is 0 Å². The zero-order chi connectivity index (χ0) is 11.3. The van der Waals surface area contributed by atoms with Gasteiger partial charge in [0.25, 0.3) is 11.5 Å². The summed E-state index contributed by atoms with van der Waals surface area (Å²) in [6.07, 6.45) is 0. The lowest BCUT2D eigenvalue weighted by atomic mass is 10.3. The maximum atomic E-state index is 11.3. The van der Waals surface area contributed by atoms with Crippen molar-refractivity contribution in [1.29, 1.82) is 0 Å². The molecule has 1 aromatic rings. The fourth-order valence-electron chi connectivity index (χ4n) is 0.768. The molecular weight excluding hydrogens is 202 g/mol. The highest BCUT2D eigenvalue weighted by atomic mass is 16.4. The summed E-state index contributed by atoms with van der Waals surface area (Å²) in [6, 6.07) is 2.44. The van der Waals surface area contributed by atoms with Gasteiger partial charge in [0.2, 0.25) is 0 Å². The molecule has 1 aromatic heterocycles. The van der Waals surface area contributed by atoms with Crippen molar-refractivity contribution >= 4 is 11.7 Å². The lowest BCUT2D eigenvalue weighted by molar-refractivity contribution is 0.0953. The van der Waals surface area contributed by atoms with Crippen LogP contribution in [0.25, 0.3) is 0 Å². The van der Waals surface area contributed by atoms with Gasteiger partial charge in [0.05, 0.1) is 6.54 Å². The van der Waals surface area contributed by atoms with Crippen molar-refractivity contribution in [3.63, 3.8) is 0 Å². The second-order valence-electron chi connectivity index (χ2n) is 2.58. The van der Waals surface area contributed by atoms with E-state index in [1.54, 1.807) is 0 Å². The van der Waals surface area contributed by atoms with Crippen molar-refractivity contribution < 1.29 is 10.0 Å². The number of nitrogens with two attached hydrogens (primary N) is 1. The van der Waals surface area contributed by atoms with E-state index in [2.05, 4.69) is 20.7 Å². The molecule has 5 N–H and O–H groups in total. The van der Waals surface area contributed by atoms with Gasteiger partial charge in [-0.15, -0.1) is 0 Å². The van der Waals surface area contributed by atoms with Crippen molar-refractivity contribution in [2.45, 2.75) is 0 Å². The molecule has 80 valence electrons. The van der Waals surface area contributed by atoms with Gasteiger partial charge in [-0.1, -0.05) is 5.16 Å². The number of amidine groups is 1. The van der Waals surface area contributed by atoms with E-state index in [1.807, 2.05) is 0 Å². The molecule has 1 heterocycles. The normalized spacial score (nSPS) is 11.1. The zero-order valence-electron chi connectivity index (χ0n) is 7.60. The average Bonchev–Trinajstić information content (AvgIpc) is 2.26. The Morgan fingerprint density at radius 3 is 2.93 bits per heavy atom. The van der Waals surface area contributed by atoms with E-state index in [0.29, 0.717) is 0 Å². The van der Waals surface area contributed by atoms with Gasteiger partial charge in [0.1, 0.15) is 5.69 Å². The zero-order valence-corrected chi connectivity index (χ0v) is 7.60. The third-order valence-electron chi connectivity index (χ3n) is 1.47. The van der Waals surface area contributed by atoms with Crippen molar-refractivity contribution in [2.75, 3.05) is 6.54 Å². The molecule has 15 heavy (non-hydrogen) atoms. The predicted molar refractivity (Wildman–Crippen MR) is 50.6 cm³/mol. The highest BCUT2D eigenvalue weighted by molar-refractivity contribution is 5.95. The molecule has 0 saturated heterocycles. The Morgan fingerprint density at radius 1 is 1.67 bits per heavy atom. The maximum Gasteiger partial charge on any atom is 0.272 e. The molecular formula is C7H9N5O3. The van der Waals surface area contributed by atoms with E-state index in [9.17, 15) is 9.59 Å². The number of nitrogens with one attached hydrogen (secondary N) is 2. The third kappa shape index (κ3) is 3.10. The number of H-pyrrole nitrogens is 1. The van der Waals surface area contributed by atoms with Crippen LogP contribution in [0.3, 0.4) is 0 Å². The van der Waals surface area contributed by atoms with Crippen LogP contribution >= 0.6 is 0 Å². The Hall–Kier alpha value is -2.38. The molecule has 0 aliphatic heterocycles. The summed E-state index contributed by atoms with van der Waals surface area (Å²) < 4.78 is 0. The highest BCUT2D eigenvalue weighted by Crippen LogP contribution is 1.87. The van der Waals surface area contributed by atoms with Gasteiger partial charge >= 0.3 is 0 Å². The van der Waals surface area contributed by atoms with Gasteiger partial charge in [-0.25, -0.2) is 5.10 Å². The Bertz CT molecular complexity index is 418. The second-order valence-corrected chi connectivity index (χ2v) is 2.58. The van der Waals surface area contributed by atoms with Crippen molar-refractivity contribution in [3.05, 3.63) is 28.2 Å². The molecule has 0 bridgehead atoms. The molecule has 0 saturated carbocycles. The lowest BCUT2D eigenvalue weighted by Crippen LogP contribution is -2.34. The van der Waals surface area contributed by atoms with E-state index in [-0.39, 0.29) is 18.1 Å². The van der Waals surface area contributed by atoms with Crippen LogP contribution < -0.4 is 16.6 Å². The van der Waals surface area contributed by atoms with Gasteiger partial charge < -0.3 is 16.3 Å². The largest absolute Gasteiger partial charge is 0.409 e. The molecule has 0 spiro atoms. The predicted octanol–water partition coefficient (Wildman–Crippen LogP) is -1.75. The summed E-state index contributed by atoms with van der Waals surface area (Å²) >= 11 is 0. The number of amides is 1. The molecule has 8 heteroatoms. The number of carbonyl (C=O) groups is 1. The number of hydrogen-bond acceptors (Lipinski definition) is 5. The number of aromatic nitrogens is 2. The van der Waals surface area contributed by atoms with E-state index in [1.165, 1.54) is 12.1 Å². The van der Waals surface area contributed by atoms with Crippen LogP contribution in [0.4, 0.5) is 0 Å². The van der Waals surface area contributed by atoms with Crippen LogP contribution in [-0.4, -0.2) is 33.7 Å². The van der Waals surface area contributed by atoms with Gasteiger partial charge in [-0.05, 0) is 6.07 Å². The number of oxime groups is 1. The van der Waals surface area contributed by atoms with Crippen molar-refractivity contribution in [2.24, 2.45) is 10.9 Å². The summed E-state index contributed by atoms with van der Waals surface area (Å²) in [7, 11) is 0. The van der Waals surface area contributed by atoms with Crippen LogP contribution in [0.5, 0.6) is 0 Å². The van der Waals surface area contributed by atoms with Crippen LogP contribution in [0.2, 0.25) is 0 Å². The first-order chi connectivity index (χ1) is 7.13. The maximum absolute atomic E-state index is 11.3. The Kier molecular flexibility index (Phi) is 3.38. The molecule has 1 rings (SSSR count). The van der Waals surface area contributed by atoms with E-state index < -0.39 is 11.5 Å². The molecule has 8 nitrogen and oxygen atoms in total. The Balaban J connectivity index is 2.62.